The summed E-state index contributed by atoms with van der Waals surface area (Å²) in [6, 6.07) is 9.53. The minimum atomic E-state index is -3.07. The maximum atomic E-state index is 11.5. The van der Waals surface area contributed by atoms with Crippen molar-refractivity contribution < 1.29 is 8.42 Å². The fourth-order valence-corrected chi connectivity index (χ4v) is 4.22. The third-order valence-corrected chi connectivity index (χ3v) is 5.41. The summed E-state index contributed by atoms with van der Waals surface area (Å²) in [6.07, 6.45) is 6.74. The normalized spacial score (nSPS) is 11.9. The minimum Gasteiger partial charge on any atom is -0.296 e. The summed E-state index contributed by atoms with van der Waals surface area (Å²) in [5.41, 5.74) is 5.31. The molecule has 0 saturated heterocycles. The lowest BCUT2D eigenvalue weighted by atomic mass is 10.1. The van der Waals surface area contributed by atoms with Crippen LogP contribution >= 0.6 is 11.3 Å². The molecule has 0 radical (unpaired) electrons. The third kappa shape index (κ3) is 3.33. The Bertz CT molecular complexity index is 1150. The van der Waals surface area contributed by atoms with Crippen molar-refractivity contribution in [3.05, 3.63) is 65.2 Å². The molecule has 126 valence electrons. The van der Waals surface area contributed by atoms with Gasteiger partial charge in [-0.25, -0.2) is 13.4 Å². The van der Waals surface area contributed by atoms with Gasteiger partial charge >= 0.3 is 0 Å². The number of hydrogen-bond donors (Lipinski definition) is 0. The Kier molecular flexibility index (Phi) is 3.89. The van der Waals surface area contributed by atoms with Gasteiger partial charge in [-0.1, -0.05) is 18.2 Å². The monoisotopic (exact) mass is 369 g/mol. The number of benzene rings is 1. The van der Waals surface area contributed by atoms with Crippen LogP contribution < -0.4 is 0 Å². The third-order valence-electron chi connectivity index (χ3n) is 3.86. The molecule has 0 aliphatic rings. The van der Waals surface area contributed by atoms with E-state index in [1.165, 1.54) is 6.26 Å². The Morgan fingerprint density at radius 3 is 2.76 bits per heavy atom. The first-order chi connectivity index (χ1) is 12.0. The first-order valence-electron chi connectivity index (χ1n) is 7.62. The second-order valence-corrected chi connectivity index (χ2v) is 8.85. The number of aromatic nitrogens is 3. The zero-order chi connectivity index (χ0) is 17.4. The molecular formula is C18H15N3O2S2. The Balaban J connectivity index is 1.80. The van der Waals surface area contributed by atoms with E-state index >= 15 is 0 Å². The van der Waals surface area contributed by atoms with Crippen molar-refractivity contribution in [2.45, 2.75) is 5.75 Å². The molecule has 4 aromatic rings. The molecule has 3 aromatic heterocycles. The van der Waals surface area contributed by atoms with Gasteiger partial charge in [0.15, 0.2) is 15.5 Å². The SMILES string of the molecule is CS(=O)(=O)Cc1cccc(-c2cn3c(-c4ccsc4)cnc3cn2)c1. The zero-order valence-corrected chi connectivity index (χ0v) is 15.1. The van der Waals surface area contributed by atoms with Gasteiger partial charge in [-0.15, -0.1) is 0 Å². The van der Waals surface area contributed by atoms with Crippen LogP contribution in [0.25, 0.3) is 28.2 Å². The molecule has 0 aliphatic carbocycles. The van der Waals surface area contributed by atoms with E-state index in [0.29, 0.717) is 0 Å². The average molecular weight is 369 g/mol. The summed E-state index contributed by atoms with van der Waals surface area (Å²) >= 11 is 1.64. The molecule has 3 heterocycles. The van der Waals surface area contributed by atoms with Crippen molar-refractivity contribution >= 4 is 26.8 Å². The predicted molar refractivity (Wildman–Crippen MR) is 100 cm³/mol. The average Bonchev–Trinajstić information content (AvgIpc) is 3.22. The van der Waals surface area contributed by atoms with E-state index < -0.39 is 9.84 Å². The van der Waals surface area contributed by atoms with Crippen LogP contribution in [0, 0.1) is 0 Å². The van der Waals surface area contributed by atoms with Gasteiger partial charge in [0.25, 0.3) is 0 Å². The summed E-state index contributed by atoms with van der Waals surface area (Å²) < 4.78 is 25.1. The van der Waals surface area contributed by atoms with Gasteiger partial charge in [0.1, 0.15) is 0 Å². The number of sulfone groups is 1. The van der Waals surface area contributed by atoms with Crippen molar-refractivity contribution in [1.29, 1.82) is 0 Å². The van der Waals surface area contributed by atoms with Crippen LogP contribution in [0.1, 0.15) is 5.56 Å². The van der Waals surface area contributed by atoms with Crippen molar-refractivity contribution in [3.8, 4) is 22.5 Å². The molecule has 1 aromatic carbocycles. The summed E-state index contributed by atoms with van der Waals surface area (Å²) in [6.45, 7) is 0. The lowest BCUT2D eigenvalue weighted by Gasteiger charge is -2.06. The number of imidazole rings is 1. The molecule has 4 rings (SSSR count). The number of hydrogen-bond acceptors (Lipinski definition) is 5. The largest absolute Gasteiger partial charge is 0.296 e. The first kappa shape index (κ1) is 16.0. The van der Waals surface area contributed by atoms with E-state index in [9.17, 15) is 8.42 Å². The fourth-order valence-electron chi connectivity index (χ4n) is 2.79. The van der Waals surface area contributed by atoms with E-state index in [0.717, 1.165) is 33.7 Å². The van der Waals surface area contributed by atoms with Gasteiger partial charge in [-0.3, -0.25) is 9.38 Å². The zero-order valence-electron chi connectivity index (χ0n) is 13.5. The highest BCUT2D eigenvalue weighted by molar-refractivity contribution is 7.89. The molecule has 0 amide bonds. The molecule has 0 saturated carbocycles. The smallest absolute Gasteiger partial charge is 0.155 e. The van der Waals surface area contributed by atoms with Gasteiger partial charge in [-0.05, 0) is 23.1 Å². The van der Waals surface area contributed by atoms with Crippen LogP contribution in [-0.4, -0.2) is 29.0 Å². The summed E-state index contributed by atoms with van der Waals surface area (Å²) in [5, 5.41) is 4.11. The highest BCUT2D eigenvalue weighted by atomic mass is 32.2. The van der Waals surface area contributed by atoms with Gasteiger partial charge in [0.05, 0.1) is 29.5 Å². The highest BCUT2D eigenvalue weighted by Crippen LogP contribution is 2.25. The lowest BCUT2D eigenvalue weighted by molar-refractivity contribution is 0.601. The molecule has 0 fully saturated rings. The van der Waals surface area contributed by atoms with Gasteiger partial charge in [0.2, 0.25) is 0 Å². The molecule has 0 spiro atoms. The number of nitrogens with zero attached hydrogens (tertiary/aromatic N) is 3. The van der Waals surface area contributed by atoms with Crippen molar-refractivity contribution in [2.24, 2.45) is 0 Å². The van der Waals surface area contributed by atoms with Crippen molar-refractivity contribution in [3.63, 3.8) is 0 Å². The van der Waals surface area contributed by atoms with Crippen LogP contribution in [0.4, 0.5) is 0 Å². The second-order valence-electron chi connectivity index (χ2n) is 5.93. The Morgan fingerprint density at radius 1 is 1.12 bits per heavy atom. The maximum absolute atomic E-state index is 11.5. The number of rotatable bonds is 4. The predicted octanol–water partition coefficient (Wildman–Crippen LogP) is 3.67. The van der Waals surface area contributed by atoms with Gasteiger partial charge in [0, 0.05) is 29.0 Å². The van der Waals surface area contributed by atoms with Crippen LogP contribution in [0.5, 0.6) is 0 Å². The fraction of sp³-hybridized carbons (Fsp3) is 0.111. The topological polar surface area (TPSA) is 64.3 Å². The summed E-state index contributed by atoms with van der Waals surface area (Å²) in [7, 11) is -3.07. The molecular weight excluding hydrogens is 354 g/mol. The Labute approximate surface area is 149 Å². The van der Waals surface area contributed by atoms with E-state index in [1.54, 1.807) is 17.5 Å². The molecule has 7 heteroatoms. The number of fused-ring (bicyclic) bond motifs is 1. The molecule has 0 N–H and O–H groups in total. The number of thiophene rings is 1. The van der Waals surface area contributed by atoms with Gasteiger partial charge in [-0.2, -0.15) is 11.3 Å². The molecule has 25 heavy (non-hydrogen) atoms. The van der Waals surface area contributed by atoms with E-state index in [-0.39, 0.29) is 5.75 Å². The maximum Gasteiger partial charge on any atom is 0.155 e. The lowest BCUT2D eigenvalue weighted by Crippen LogP contribution is -2.01. The van der Waals surface area contributed by atoms with E-state index in [4.69, 9.17) is 0 Å². The van der Waals surface area contributed by atoms with Gasteiger partial charge < -0.3 is 0 Å². The van der Waals surface area contributed by atoms with Crippen LogP contribution in [0.15, 0.2) is 59.7 Å². The Morgan fingerprint density at radius 2 is 2.00 bits per heavy atom. The van der Waals surface area contributed by atoms with E-state index in [1.807, 2.05) is 46.4 Å². The molecule has 0 bridgehead atoms. The minimum absolute atomic E-state index is 0.0221. The molecule has 0 aliphatic heterocycles. The standard InChI is InChI=1S/C18H15N3O2S2/c1-25(22,23)12-13-3-2-4-14(7-13)16-10-21-17(15-5-6-24-11-15)8-20-18(21)9-19-16/h2-11H,12H2,1H3. The summed E-state index contributed by atoms with van der Waals surface area (Å²) in [4.78, 5) is 8.88. The first-order valence-corrected chi connectivity index (χ1v) is 10.6. The van der Waals surface area contributed by atoms with Crippen molar-refractivity contribution in [2.75, 3.05) is 6.26 Å². The molecule has 0 unspecified atom stereocenters. The van der Waals surface area contributed by atoms with Crippen LogP contribution in [0.2, 0.25) is 0 Å². The molecule has 5 nitrogen and oxygen atoms in total. The second kappa shape index (κ2) is 6.09. The van der Waals surface area contributed by atoms with Crippen LogP contribution in [0.3, 0.4) is 0 Å². The van der Waals surface area contributed by atoms with Crippen molar-refractivity contribution in [1.82, 2.24) is 14.4 Å². The quantitative estimate of drug-likeness (QED) is 0.551. The Hall–Kier alpha value is -2.51. The summed E-state index contributed by atoms with van der Waals surface area (Å²) in [5.74, 6) is 0.0221. The highest BCUT2D eigenvalue weighted by Gasteiger charge is 2.10. The van der Waals surface area contributed by atoms with Crippen LogP contribution in [-0.2, 0) is 15.6 Å². The van der Waals surface area contributed by atoms with E-state index in [2.05, 4.69) is 21.4 Å². The molecule has 0 atom stereocenters.